The van der Waals surface area contributed by atoms with Crippen molar-refractivity contribution in [3.63, 3.8) is 0 Å². The summed E-state index contributed by atoms with van der Waals surface area (Å²) in [6, 6.07) is 5.28. The van der Waals surface area contributed by atoms with Gasteiger partial charge < -0.3 is 10.1 Å². The van der Waals surface area contributed by atoms with Gasteiger partial charge in [0.15, 0.2) is 0 Å². The lowest BCUT2D eigenvalue weighted by atomic mass is 9.90. The van der Waals surface area contributed by atoms with Gasteiger partial charge >= 0.3 is 5.69 Å². The Balaban J connectivity index is 1.32. The molecule has 1 aromatic carbocycles. The Bertz CT molecular complexity index is 1110. The van der Waals surface area contributed by atoms with Gasteiger partial charge in [-0.3, -0.25) is 28.9 Å². The van der Waals surface area contributed by atoms with Crippen molar-refractivity contribution in [3.05, 3.63) is 34.2 Å². The largest absolute Gasteiger partial charge is 0.372 e. The van der Waals surface area contributed by atoms with Gasteiger partial charge in [0.1, 0.15) is 6.04 Å². The molecule has 1 spiro atoms. The van der Waals surface area contributed by atoms with Crippen LogP contribution in [0.25, 0.3) is 11.0 Å². The van der Waals surface area contributed by atoms with Crippen molar-refractivity contribution in [1.82, 2.24) is 24.7 Å². The van der Waals surface area contributed by atoms with Crippen LogP contribution in [0.2, 0.25) is 0 Å². The van der Waals surface area contributed by atoms with Gasteiger partial charge in [0.2, 0.25) is 11.8 Å². The third-order valence-corrected chi connectivity index (χ3v) is 7.47. The van der Waals surface area contributed by atoms with Crippen LogP contribution >= 0.6 is 0 Å². The number of morpholine rings is 1. The van der Waals surface area contributed by atoms with Crippen molar-refractivity contribution in [2.75, 3.05) is 39.3 Å². The van der Waals surface area contributed by atoms with E-state index in [0.717, 1.165) is 81.6 Å². The van der Waals surface area contributed by atoms with Gasteiger partial charge in [-0.15, -0.1) is 0 Å². The summed E-state index contributed by atoms with van der Waals surface area (Å²) < 4.78 is 9.39. The van der Waals surface area contributed by atoms with E-state index in [9.17, 15) is 14.4 Å². The van der Waals surface area contributed by atoms with Gasteiger partial charge in [-0.25, -0.2) is 4.79 Å². The van der Waals surface area contributed by atoms with E-state index in [2.05, 4.69) is 21.6 Å². The molecule has 3 aliphatic heterocycles. The zero-order valence-electron chi connectivity index (χ0n) is 19.3. The van der Waals surface area contributed by atoms with Crippen LogP contribution in [0.15, 0.2) is 23.0 Å². The summed E-state index contributed by atoms with van der Waals surface area (Å²) in [5.74, 6) is -0.676. The Kier molecular flexibility index (Phi) is 6.11. The highest BCUT2D eigenvalue weighted by atomic mass is 16.5. The molecule has 9 nitrogen and oxygen atoms in total. The molecule has 2 aromatic rings. The highest BCUT2D eigenvalue weighted by molar-refractivity contribution is 6.00. The fourth-order valence-corrected chi connectivity index (χ4v) is 5.74. The number of para-hydroxylation sites is 1. The normalized spacial score (nSPS) is 23.8. The van der Waals surface area contributed by atoms with Crippen LogP contribution in [-0.2, 0) is 27.8 Å². The van der Waals surface area contributed by atoms with E-state index in [-0.39, 0.29) is 23.6 Å². The summed E-state index contributed by atoms with van der Waals surface area (Å²) in [5, 5.41) is 5.80. The summed E-state index contributed by atoms with van der Waals surface area (Å²) in [6.07, 6.45) is 4.58. The fourth-order valence-electron chi connectivity index (χ4n) is 5.74. The first-order valence-electron chi connectivity index (χ1n) is 12.1. The third kappa shape index (κ3) is 4.25. The van der Waals surface area contributed by atoms with E-state index >= 15 is 0 Å². The van der Waals surface area contributed by atoms with Gasteiger partial charge in [0, 0.05) is 26.6 Å². The van der Waals surface area contributed by atoms with Crippen molar-refractivity contribution in [2.45, 2.75) is 50.2 Å². The first kappa shape index (κ1) is 22.3. The molecule has 1 aromatic heterocycles. The predicted octanol–water partition coefficient (Wildman–Crippen LogP) is 0.705. The predicted molar refractivity (Wildman–Crippen MR) is 124 cm³/mol. The van der Waals surface area contributed by atoms with Crippen LogP contribution < -0.4 is 16.3 Å². The van der Waals surface area contributed by atoms with Crippen molar-refractivity contribution in [1.29, 1.82) is 0 Å². The number of carbonyl (C=O) groups is 2. The molecule has 9 heteroatoms. The molecule has 1 unspecified atom stereocenters. The number of rotatable bonds is 5. The molecule has 0 radical (unpaired) electrons. The van der Waals surface area contributed by atoms with E-state index in [1.165, 1.54) is 0 Å². The van der Waals surface area contributed by atoms with Crippen LogP contribution in [0, 0.1) is 0 Å². The molecule has 3 saturated heterocycles. The molecule has 0 bridgehead atoms. The van der Waals surface area contributed by atoms with Gasteiger partial charge in [-0.05, 0) is 63.4 Å². The van der Waals surface area contributed by atoms with Crippen LogP contribution in [0.3, 0.4) is 0 Å². The SMILES string of the molecule is Cn1c(=O)n(C2CCC(=O)NC2=O)c2cccc(CCCN3CCOC4(CCNCC4)C3)c21. The number of piperidine rings is 2. The summed E-state index contributed by atoms with van der Waals surface area (Å²) >= 11 is 0. The molecule has 178 valence electrons. The molecule has 2 N–H and O–H groups in total. The quantitative estimate of drug-likeness (QED) is 0.645. The number of nitrogens with one attached hydrogen (secondary N) is 2. The number of benzene rings is 1. The topological polar surface area (TPSA) is 97.6 Å². The Morgan fingerprint density at radius 3 is 2.79 bits per heavy atom. The molecule has 3 aliphatic rings. The van der Waals surface area contributed by atoms with Crippen LogP contribution in [0.5, 0.6) is 0 Å². The van der Waals surface area contributed by atoms with Crippen molar-refractivity contribution in [2.24, 2.45) is 7.05 Å². The number of hydrogen-bond donors (Lipinski definition) is 2. The molecule has 0 saturated carbocycles. The maximum Gasteiger partial charge on any atom is 0.329 e. The van der Waals surface area contributed by atoms with Gasteiger partial charge in [-0.2, -0.15) is 0 Å². The average molecular weight is 456 g/mol. The highest BCUT2D eigenvalue weighted by Gasteiger charge is 2.37. The summed E-state index contributed by atoms with van der Waals surface area (Å²) in [6.45, 7) is 5.78. The van der Waals surface area contributed by atoms with E-state index in [1.807, 2.05) is 12.1 Å². The number of amides is 2. The molecular formula is C24H33N5O4. The lowest BCUT2D eigenvalue weighted by molar-refractivity contribution is -0.135. The first-order valence-corrected chi connectivity index (χ1v) is 12.1. The Morgan fingerprint density at radius 2 is 2.00 bits per heavy atom. The van der Waals surface area contributed by atoms with Crippen LogP contribution in [0.1, 0.15) is 43.7 Å². The zero-order chi connectivity index (χ0) is 23.0. The second-order valence-corrected chi connectivity index (χ2v) is 9.62. The van der Waals surface area contributed by atoms with E-state index in [4.69, 9.17) is 4.74 Å². The number of hydrogen-bond acceptors (Lipinski definition) is 6. The van der Waals surface area contributed by atoms with Crippen LogP contribution in [-0.4, -0.2) is 70.8 Å². The van der Waals surface area contributed by atoms with E-state index < -0.39 is 11.9 Å². The molecule has 3 fully saturated rings. The summed E-state index contributed by atoms with van der Waals surface area (Å²) in [4.78, 5) is 39.6. The monoisotopic (exact) mass is 455 g/mol. The number of aryl methyl sites for hydroxylation is 2. The second kappa shape index (κ2) is 9.04. The minimum absolute atomic E-state index is 0.00653. The van der Waals surface area contributed by atoms with E-state index in [0.29, 0.717) is 6.42 Å². The molecule has 1 atom stereocenters. The van der Waals surface area contributed by atoms with Crippen molar-refractivity contribution < 1.29 is 14.3 Å². The van der Waals surface area contributed by atoms with Gasteiger partial charge in [-0.1, -0.05) is 12.1 Å². The highest BCUT2D eigenvalue weighted by Crippen LogP contribution is 2.28. The van der Waals surface area contributed by atoms with Crippen molar-refractivity contribution in [3.8, 4) is 0 Å². The number of ether oxygens (including phenoxy) is 1. The second-order valence-electron chi connectivity index (χ2n) is 9.62. The number of fused-ring (bicyclic) bond motifs is 1. The standard InChI is InChI=1S/C24H33N5O4/c1-27-21-17(5-3-13-28-14-15-33-24(16-28)9-11-25-12-10-24)4-2-6-18(21)29(23(27)32)19-7-8-20(30)26-22(19)31/h2,4,6,19,25H,3,5,7-16H2,1H3,(H,26,30,31). The molecule has 2 amide bonds. The zero-order valence-corrected chi connectivity index (χ0v) is 19.3. The lowest BCUT2D eigenvalue weighted by Gasteiger charge is -2.45. The molecule has 0 aliphatic carbocycles. The Labute approximate surface area is 193 Å². The average Bonchev–Trinajstić information content (AvgIpc) is 3.05. The van der Waals surface area contributed by atoms with Crippen molar-refractivity contribution >= 4 is 22.8 Å². The third-order valence-electron chi connectivity index (χ3n) is 7.47. The fraction of sp³-hybridized carbons (Fsp3) is 0.625. The number of nitrogens with zero attached hydrogens (tertiary/aromatic N) is 3. The minimum atomic E-state index is -0.649. The molecule has 5 rings (SSSR count). The molecule has 4 heterocycles. The minimum Gasteiger partial charge on any atom is -0.372 e. The Hall–Kier alpha value is -2.49. The van der Waals surface area contributed by atoms with Gasteiger partial charge in [0.25, 0.3) is 0 Å². The number of imide groups is 1. The maximum atomic E-state index is 13.1. The molecule has 33 heavy (non-hydrogen) atoms. The number of carbonyl (C=O) groups excluding carboxylic acids is 2. The molecular weight excluding hydrogens is 422 g/mol. The first-order chi connectivity index (χ1) is 16.0. The van der Waals surface area contributed by atoms with Gasteiger partial charge in [0.05, 0.1) is 23.2 Å². The number of aromatic nitrogens is 2. The maximum absolute atomic E-state index is 13.1. The number of imidazole rings is 1. The summed E-state index contributed by atoms with van der Waals surface area (Å²) in [5.41, 5.74) is 2.54. The van der Waals surface area contributed by atoms with E-state index in [1.54, 1.807) is 16.2 Å². The lowest BCUT2D eigenvalue weighted by Crippen LogP contribution is -2.56. The Morgan fingerprint density at radius 1 is 1.18 bits per heavy atom. The summed E-state index contributed by atoms with van der Waals surface area (Å²) in [7, 11) is 1.76. The smallest absolute Gasteiger partial charge is 0.329 e. The van der Waals surface area contributed by atoms with Crippen LogP contribution in [0.4, 0.5) is 0 Å².